The average Bonchev–Trinajstić information content (AvgIpc) is 2.66. The highest BCUT2D eigenvalue weighted by Crippen LogP contribution is 2.26. The fourth-order valence-electron chi connectivity index (χ4n) is 1.52. The molecule has 15 heavy (non-hydrogen) atoms. The van der Waals surface area contributed by atoms with Crippen molar-refractivity contribution in [2.24, 2.45) is 0 Å². The summed E-state index contributed by atoms with van der Waals surface area (Å²) < 4.78 is 6.64. The fourth-order valence-corrected chi connectivity index (χ4v) is 4.02. The maximum absolute atomic E-state index is 10.0. The van der Waals surface area contributed by atoms with E-state index >= 15 is 0 Å². The maximum Gasteiger partial charge on any atom is 0.0927 e. The summed E-state index contributed by atoms with van der Waals surface area (Å²) in [5, 5.41) is 12.0. The average molecular weight is 309 g/mol. The molecule has 0 spiro atoms. The van der Waals surface area contributed by atoms with E-state index in [1.54, 1.807) is 11.3 Å². The topological polar surface area (TPSA) is 29.5 Å². The molecule has 5 heteroatoms. The number of aliphatic hydroxyl groups excluding tert-OH is 1. The summed E-state index contributed by atoms with van der Waals surface area (Å²) in [5.74, 6) is 1.95. The highest BCUT2D eigenvalue weighted by molar-refractivity contribution is 9.10. The van der Waals surface area contributed by atoms with Crippen LogP contribution in [0.4, 0.5) is 0 Å². The molecule has 0 aliphatic carbocycles. The molecule has 0 aromatic carbocycles. The normalized spacial score (nSPS) is 24.0. The van der Waals surface area contributed by atoms with Crippen LogP contribution < -0.4 is 0 Å². The van der Waals surface area contributed by atoms with E-state index in [0.717, 1.165) is 22.6 Å². The third-order valence-electron chi connectivity index (χ3n) is 2.36. The van der Waals surface area contributed by atoms with Crippen LogP contribution in [0.1, 0.15) is 4.88 Å². The minimum Gasteiger partial charge on any atom is -0.390 e. The summed E-state index contributed by atoms with van der Waals surface area (Å²) in [4.78, 5) is 1.20. The molecule has 2 unspecified atom stereocenters. The lowest BCUT2D eigenvalue weighted by Gasteiger charge is -2.26. The number of thioether (sulfide) groups is 1. The van der Waals surface area contributed by atoms with Gasteiger partial charge in [-0.15, -0.1) is 11.3 Å². The first kappa shape index (κ1) is 11.9. The molecular weight excluding hydrogens is 296 g/mol. The van der Waals surface area contributed by atoms with E-state index in [2.05, 4.69) is 15.9 Å². The van der Waals surface area contributed by atoms with E-state index < -0.39 is 0 Å². The minimum absolute atomic E-state index is 0.00208. The van der Waals surface area contributed by atoms with Crippen molar-refractivity contribution in [1.29, 1.82) is 0 Å². The Morgan fingerprint density at radius 2 is 2.53 bits per heavy atom. The van der Waals surface area contributed by atoms with E-state index in [1.165, 1.54) is 4.88 Å². The van der Waals surface area contributed by atoms with E-state index in [4.69, 9.17) is 4.74 Å². The predicted molar refractivity (Wildman–Crippen MR) is 68.8 cm³/mol. The van der Waals surface area contributed by atoms with Crippen LogP contribution >= 0.6 is 39.0 Å². The fraction of sp³-hybridized carbons (Fsp3) is 0.600. The summed E-state index contributed by atoms with van der Waals surface area (Å²) in [6.45, 7) is 0.762. The van der Waals surface area contributed by atoms with Crippen molar-refractivity contribution < 1.29 is 9.84 Å². The number of hydrogen-bond acceptors (Lipinski definition) is 4. The van der Waals surface area contributed by atoms with Crippen molar-refractivity contribution in [1.82, 2.24) is 0 Å². The Labute approximate surface area is 106 Å². The minimum atomic E-state index is -0.382. The molecule has 1 fully saturated rings. The number of rotatable bonds is 3. The van der Waals surface area contributed by atoms with E-state index in [0.29, 0.717) is 6.42 Å². The van der Waals surface area contributed by atoms with Gasteiger partial charge in [-0.3, -0.25) is 0 Å². The molecule has 2 atom stereocenters. The Kier molecular flexibility index (Phi) is 4.52. The second-order valence-electron chi connectivity index (χ2n) is 3.45. The molecule has 84 valence electrons. The van der Waals surface area contributed by atoms with Gasteiger partial charge in [0.15, 0.2) is 0 Å². The number of ether oxygens (including phenoxy) is 1. The molecule has 1 saturated heterocycles. The van der Waals surface area contributed by atoms with Crippen LogP contribution in [-0.4, -0.2) is 35.4 Å². The quantitative estimate of drug-likeness (QED) is 0.930. The Balaban J connectivity index is 1.91. The lowest BCUT2D eigenvalue weighted by atomic mass is 10.1. The van der Waals surface area contributed by atoms with Gasteiger partial charge in [0.25, 0.3) is 0 Å². The number of thiophene rings is 1. The Hall–Kier alpha value is 0.450. The summed E-state index contributed by atoms with van der Waals surface area (Å²) in [5.41, 5.74) is 0. The van der Waals surface area contributed by atoms with Crippen LogP contribution in [-0.2, 0) is 11.2 Å². The molecule has 0 saturated carbocycles. The van der Waals surface area contributed by atoms with Crippen molar-refractivity contribution in [3.8, 4) is 0 Å². The summed E-state index contributed by atoms with van der Waals surface area (Å²) in [6, 6.07) is 2.02. The molecule has 0 amide bonds. The third-order valence-corrected chi connectivity index (χ3v) is 5.32. The first-order valence-electron chi connectivity index (χ1n) is 4.86. The van der Waals surface area contributed by atoms with Gasteiger partial charge in [-0.25, -0.2) is 0 Å². The molecule has 1 aromatic rings. The van der Waals surface area contributed by atoms with Gasteiger partial charge in [0.05, 0.1) is 18.8 Å². The highest BCUT2D eigenvalue weighted by atomic mass is 79.9. The number of aliphatic hydroxyl groups is 1. The van der Waals surface area contributed by atoms with Crippen molar-refractivity contribution in [2.75, 3.05) is 18.1 Å². The molecule has 0 radical (unpaired) electrons. The van der Waals surface area contributed by atoms with Gasteiger partial charge >= 0.3 is 0 Å². The zero-order valence-electron chi connectivity index (χ0n) is 8.19. The van der Waals surface area contributed by atoms with Gasteiger partial charge in [-0.2, -0.15) is 11.8 Å². The van der Waals surface area contributed by atoms with Crippen LogP contribution in [0.25, 0.3) is 0 Å². The predicted octanol–water partition coefficient (Wildman–Crippen LogP) is 2.55. The van der Waals surface area contributed by atoms with Crippen LogP contribution in [0.15, 0.2) is 15.9 Å². The molecular formula is C10H13BrO2S2. The molecule has 1 N–H and O–H groups in total. The van der Waals surface area contributed by atoms with Crippen LogP contribution in [0.2, 0.25) is 0 Å². The molecule has 2 rings (SSSR count). The second kappa shape index (κ2) is 5.68. The van der Waals surface area contributed by atoms with Gasteiger partial charge in [-0.1, -0.05) is 0 Å². The molecule has 1 aliphatic rings. The molecule has 1 aromatic heterocycles. The first-order chi connectivity index (χ1) is 7.27. The zero-order chi connectivity index (χ0) is 10.7. The second-order valence-corrected chi connectivity index (χ2v) is 6.45. The van der Waals surface area contributed by atoms with Crippen molar-refractivity contribution >= 4 is 39.0 Å². The summed E-state index contributed by atoms with van der Waals surface area (Å²) in [6.07, 6.45) is 0.300. The lowest BCUT2D eigenvalue weighted by molar-refractivity contribution is -0.0205. The van der Waals surface area contributed by atoms with Gasteiger partial charge in [-0.05, 0) is 27.4 Å². The highest BCUT2D eigenvalue weighted by Gasteiger charge is 2.23. The molecule has 2 heterocycles. The van der Waals surface area contributed by atoms with Gasteiger partial charge in [0, 0.05) is 27.3 Å². The van der Waals surface area contributed by atoms with Crippen molar-refractivity contribution in [2.45, 2.75) is 18.6 Å². The van der Waals surface area contributed by atoms with Crippen molar-refractivity contribution in [3.63, 3.8) is 0 Å². The SMILES string of the molecule is OC(Cc1sccc1Br)C1CSCCO1. The third kappa shape index (κ3) is 3.20. The van der Waals surface area contributed by atoms with Crippen LogP contribution in [0.5, 0.6) is 0 Å². The largest absolute Gasteiger partial charge is 0.390 e. The van der Waals surface area contributed by atoms with Crippen molar-refractivity contribution in [3.05, 3.63) is 20.8 Å². The maximum atomic E-state index is 10.0. The number of halogens is 1. The van der Waals surface area contributed by atoms with Crippen LogP contribution in [0.3, 0.4) is 0 Å². The smallest absolute Gasteiger partial charge is 0.0927 e. The Morgan fingerprint density at radius 3 is 3.13 bits per heavy atom. The molecule has 1 aliphatic heterocycles. The monoisotopic (exact) mass is 308 g/mol. The summed E-state index contributed by atoms with van der Waals surface area (Å²) >= 11 is 7.00. The Bertz CT molecular complexity index is 310. The van der Waals surface area contributed by atoms with Crippen LogP contribution in [0, 0.1) is 0 Å². The lowest BCUT2D eigenvalue weighted by Crippen LogP contribution is -2.36. The molecule has 2 nitrogen and oxygen atoms in total. The zero-order valence-corrected chi connectivity index (χ0v) is 11.4. The van der Waals surface area contributed by atoms with E-state index in [-0.39, 0.29) is 12.2 Å². The Morgan fingerprint density at radius 1 is 1.67 bits per heavy atom. The number of hydrogen-bond donors (Lipinski definition) is 1. The van der Waals surface area contributed by atoms with E-state index in [9.17, 15) is 5.11 Å². The standard InChI is InChI=1S/C10H13BrO2S2/c11-7-1-3-15-10(7)5-8(12)9-6-14-4-2-13-9/h1,3,8-9,12H,2,4-6H2. The van der Waals surface area contributed by atoms with Gasteiger partial charge < -0.3 is 9.84 Å². The van der Waals surface area contributed by atoms with Gasteiger partial charge in [0.2, 0.25) is 0 Å². The van der Waals surface area contributed by atoms with E-state index in [1.807, 2.05) is 23.2 Å². The molecule has 0 bridgehead atoms. The van der Waals surface area contributed by atoms with Gasteiger partial charge in [0.1, 0.15) is 0 Å². The summed E-state index contributed by atoms with van der Waals surface area (Å²) in [7, 11) is 0. The first-order valence-corrected chi connectivity index (χ1v) is 7.69.